The van der Waals surface area contributed by atoms with Gasteiger partial charge in [0.2, 0.25) is 0 Å². The summed E-state index contributed by atoms with van der Waals surface area (Å²) in [5.74, 6) is 0.151. The molecule has 31 heavy (non-hydrogen) atoms. The molecule has 0 saturated heterocycles. The maximum atomic E-state index is 14.9. The van der Waals surface area contributed by atoms with Crippen molar-refractivity contribution in [3.05, 3.63) is 99.7 Å². The normalized spacial score (nSPS) is 11.9. The van der Waals surface area contributed by atoms with Crippen LogP contribution in [0.5, 0.6) is 0 Å². The third-order valence-corrected chi connectivity index (χ3v) is 6.23. The number of nitrogens with one attached hydrogen (secondary N) is 2. The quantitative estimate of drug-likeness (QED) is 0.375. The minimum Gasteiger partial charge on any atom is -0.459 e. The van der Waals surface area contributed by atoms with E-state index in [-0.39, 0.29) is 17.5 Å². The van der Waals surface area contributed by atoms with E-state index in [1.165, 1.54) is 23.7 Å². The Morgan fingerprint density at radius 3 is 2.58 bits per heavy atom. The highest BCUT2D eigenvalue weighted by molar-refractivity contribution is 7.16. The third kappa shape index (κ3) is 4.36. The van der Waals surface area contributed by atoms with Crippen LogP contribution in [0.1, 0.15) is 43.9 Å². The monoisotopic (exact) mass is 435 g/mol. The molecule has 0 saturated carbocycles. The largest absolute Gasteiger partial charge is 0.459 e. The molecule has 3 aromatic heterocycles. The SMILES string of the molecule is Cc1cccc(N[C@H](c2ccccc2F)c2c(NC(=O)c3ccco3)sc(C)c2C)n1. The lowest BCUT2D eigenvalue weighted by Crippen LogP contribution is -2.18. The number of hydrogen-bond donors (Lipinski definition) is 2. The second-order valence-corrected chi connectivity index (χ2v) is 8.45. The molecule has 4 aromatic rings. The first-order chi connectivity index (χ1) is 14.9. The van der Waals surface area contributed by atoms with Gasteiger partial charge < -0.3 is 15.1 Å². The first-order valence-corrected chi connectivity index (χ1v) is 10.6. The summed E-state index contributed by atoms with van der Waals surface area (Å²) in [6.45, 7) is 5.86. The number of halogens is 1. The lowest BCUT2D eigenvalue weighted by atomic mass is 9.96. The highest BCUT2D eigenvalue weighted by Gasteiger charge is 2.27. The molecule has 1 amide bonds. The first kappa shape index (κ1) is 20.8. The number of thiophene rings is 1. The van der Waals surface area contributed by atoms with E-state index < -0.39 is 6.04 Å². The smallest absolute Gasteiger partial charge is 0.291 e. The van der Waals surface area contributed by atoms with Crippen molar-refractivity contribution in [3.8, 4) is 0 Å². The van der Waals surface area contributed by atoms with E-state index in [2.05, 4.69) is 15.6 Å². The molecule has 0 aliphatic heterocycles. The van der Waals surface area contributed by atoms with Crippen molar-refractivity contribution in [3.63, 3.8) is 0 Å². The molecule has 0 aliphatic rings. The molecule has 158 valence electrons. The van der Waals surface area contributed by atoms with Crippen LogP contribution in [0.2, 0.25) is 0 Å². The summed E-state index contributed by atoms with van der Waals surface area (Å²) in [7, 11) is 0. The van der Waals surface area contributed by atoms with E-state index in [0.717, 1.165) is 21.7 Å². The summed E-state index contributed by atoms with van der Waals surface area (Å²) in [6, 6.07) is 15.0. The molecule has 0 bridgehead atoms. The average molecular weight is 436 g/mol. The van der Waals surface area contributed by atoms with Crippen molar-refractivity contribution in [2.75, 3.05) is 10.6 Å². The van der Waals surface area contributed by atoms with Crippen LogP contribution in [0.15, 0.2) is 65.3 Å². The number of pyridine rings is 1. The second-order valence-electron chi connectivity index (χ2n) is 7.22. The topological polar surface area (TPSA) is 67.2 Å². The molecule has 2 N–H and O–H groups in total. The molecule has 0 fully saturated rings. The van der Waals surface area contributed by atoms with Crippen LogP contribution in [0.3, 0.4) is 0 Å². The van der Waals surface area contributed by atoms with Gasteiger partial charge in [-0.15, -0.1) is 11.3 Å². The van der Waals surface area contributed by atoms with Crippen LogP contribution >= 0.6 is 11.3 Å². The maximum Gasteiger partial charge on any atom is 0.291 e. The van der Waals surface area contributed by atoms with E-state index in [0.29, 0.717) is 16.4 Å². The van der Waals surface area contributed by atoms with Gasteiger partial charge in [0.1, 0.15) is 16.6 Å². The van der Waals surface area contributed by atoms with Crippen LogP contribution < -0.4 is 10.6 Å². The Morgan fingerprint density at radius 2 is 1.87 bits per heavy atom. The Morgan fingerprint density at radius 1 is 1.06 bits per heavy atom. The molecule has 4 rings (SSSR count). The van der Waals surface area contributed by atoms with E-state index >= 15 is 0 Å². The van der Waals surface area contributed by atoms with E-state index in [9.17, 15) is 9.18 Å². The van der Waals surface area contributed by atoms with Gasteiger partial charge >= 0.3 is 0 Å². The molecule has 7 heteroatoms. The maximum absolute atomic E-state index is 14.9. The number of carbonyl (C=O) groups is 1. The van der Waals surface area contributed by atoms with Crippen LogP contribution in [0, 0.1) is 26.6 Å². The number of anilines is 2. The van der Waals surface area contributed by atoms with Crippen molar-refractivity contribution in [2.24, 2.45) is 0 Å². The van der Waals surface area contributed by atoms with Crippen LogP contribution in [-0.4, -0.2) is 10.9 Å². The van der Waals surface area contributed by atoms with Gasteiger partial charge in [0.25, 0.3) is 5.91 Å². The predicted octanol–water partition coefficient (Wildman–Crippen LogP) is 6.25. The molecule has 1 aromatic carbocycles. The summed E-state index contributed by atoms with van der Waals surface area (Å²) in [4.78, 5) is 18.2. The van der Waals surface area contributed by atoms with Gasteiger partial charge in [-0.1, -0.05) is 24.3 Å². The molecule has 5 nitrogen and oxygen atoms in total. The number of aromatic nitrogens is 1. The lowest BCUT2D eigenvalue weighted by molar-refractivity contribution is 0.0997. The van der Waals surface area contributed by atoms with Gasteiger partial charge in [0.05, 0.1) is 12.3 Å². The number of nitrogens with zero attached hydrogens (tertiary/aromatic N) is 1. The zero-order valence-corrected chi connectivity index (χ0v) is 18.2. The third-order valence-electron chi connectivity index (χ3n) is 5.09. The number of amides is 1. The van der Waals surface area contributed by atoms with Crippen molar-refractivity contribution < 1.29 is 13.6 Å². The van der Waals surface area contributed by atoms with Gasteiger partial charge in [-0.25, -0.2) is 9.37 Å². The van der Waals surface area contributed by atoms with Crippen molar-refractivity contribution in [1.82, 2.24) is 4.98 Å². The van der Waals surface area contributed by atoms with Crippen LogP contribution in [-0.2, 0) is 0 Å². The number of rotatable bonds is 6. The van der Waals surface area contributed by atoms with E-state index in [4.69, 9.17) is 4.42 Å². The van der Waals surface area contributed by atoms with Crippen LogP contribution in [0.4, 0.5) is 15.2 Å². The standard InChI is InChI=1S/C24H22FN3O2S/c1-14-8-6-12-20(26-14)27-22(17-9-4-5-10-18(17)25)21-15(2)16(3)31-24(21)28-23(29)19-11-7-13-30-19/h4-13,22H,1-3H3,(H,26,27)(H,28,29)/t22-/m1/s1. The zero-order valence-electron chi connectivity index (χ0n) is 17.4. The van der Waals surface area contributed by atoms with E-state index in [1.807, 2.05) is 39.0 Å². The highest BCUT2D eigenvalue weighted by atomic mass is 32.1. The Labute approximate surface area is 184 Å². The van der Waals surface area contributed by atoms with Gasteiger partial charge in [0, 0.05) is 21.7 Å². The molecular formula is C24H22FN3O2S. The minimum absolute atomic E-state index is 0.213. The van der Waals surface area contributed by atoms with Gasteiger partial charge in [-0.3, -0.25) is 4.79 Å². The lowest BCUT2D eigenvalue weighted by Gasteiger charge is -2.23. The number of furan rings is 1. The Balaban J connectivity index is 1.81. The highest BCUT2D eigenvalue weighted by Crippen LogP contribution is 2.41. The number of carbonyl (C=O) groups excluding carboxylic acids is 1. The predicted molar refractivity (Wildman–Crippen MR) is 121 cm³/mol. The molecule has 0 spiro atoms. The van der Waals surface area contributed by atoms with Gasteiger partial charge in [-0.05, 0) is 56.7 Å². The Kier molecular flexibility index (Phi) is 5.86. The minimum atomic E-state index is -0.549. The number of aryl methyl sites for hydroxylation is 2. The molecular weight excluding hydrogens is 413 g/mol. The molecule has 3 heterocycles. The summed E-state index contributed by atoms with van der Waals surface area (Å²) in [6.07, 6.45) is 1.45. The zero-order chi connectivity index (χ0) is 22.0. The summed E-state index contributed by atoms with van der Waals surface area (Å²) < 4.78 is 20.1. The number of hydrogen-bond acceptors (Lipinski definition) is 5. The fourth-order valence-corrected chi connectivity index (χ4v) is 4.54. The average Bonchev–Trinajstić information content (AvgIpc) is 3.36. The van der Waals surface area contributed by atoms with Gasteiger partial charge in [0.15, 0.2) is 5.76 Å². The van der Waals surface area contributed by atoms with Crippen molar-refractivity contribution in [1.29, 1.82) is 0 Å². The summed E-state index contributed by atoms with van der Waals surface area (Å²) in [5, 5.41) is 6.96. The molecule has 0 unspecified atom stereocenters. The second kappa shape index (κ2) is 8.73. The van der Waals surface area contributed by atoms with Crippen molar-refractivity contribution >= 4 is 28.1 Å². The Bertz CT molecular complexity index is 1220. The fourth-order valence-electron chi connectivity index (χ4n) is 3.44. The summed E-state index contributed by atoms with van der Waals surface area (Å²) >= 11 is 1.45. The first-order valence-electron chi connectivity index (χ1n) is 9.83. The van der Waals surface area contributed by atoms with E-state index in [1.54, 1.807) is 30.3 Å². The van der Waals surface area contributed by atoms with Crippen molar-refractivity contribution in [2.45, 2.75) is 26.8 Å². The number of benzene rings is 1. The van der Waals surface area contributed by atoms with Crippen LogP contribution in [0.25, 0.3) is 0 Å². The summed E-state index contributed by atoms with van der Waals surface area (Å²) in [5.41, 5.74) is 3.10. The fraction of sp³-hybridized carbons (Fsp3) is 0.167. The molecule has 1 atom stereocenters. The van der Waals surface area contributed by atoms with Gasteiger partial charge in [-0.2, -0.15) is 0 Å². The molecule has 0 radical (unpaired) electrons. The Hall–Kier alpha value is -3.45. The molecule has 0 aliphatic carbocycles.